The Bertz CT molecular complexity index is 1260. The number of H-pyrrole nitrogens is 1. The second-order valence-corrected chi connectivity index (χ2v) is 9.06. The molecule has 1 aliphatic heterocycles. The number of hydrogen-bond acceptors (Lipinski definition) is 5. The average molecular weight is 469 g/mol. The van der Waals surface area contributed by atoms with E-state index < -0.39 is 17.4 Å². The highest BCUT2D eigenvalue weighted by Gasteiger charge is 2.35. The van der Waals surface area contributed by atoms with Crippen molar-refractivity contribution in [2.75, 3.05) is 10.6 Å². The van der Waals surface area contributed by atoms with Gasteiger partial charge in [0.2, 0.25) is 11.8 Å². The molecule has 0 aliphatic carbocycles. The summed E-state index contributed by atoms with van der Waals surface area (Å²) in [6, 6.07) is 13.2. The number of hydrogen-bond donors (Lipinski definition) is 3. The molecule has 0 radical (unpaired) electrons. The molecule has 0 spiro atoms. The zero-order chi connectivity index (χ0) is 22.8. The predicted molar refractivity (Wildman–Crippen MR) is 126 cm³/mol. The summed E-state index contributed by atoms with van der Waals surface area (Å²) in [6.45, 7) is 3.85. The van der Waals surface area contributed by atoms with Crippen molar-refractivity contribution in [1.82, 2.24) is 9.97 Å². The SMILES string of the molecule is Cc1ccc(CSc2nc3c(c(=O)[nH]2)C(C(=O)Nc2cc(Cl)ccc2C)CC(=O)N3)cc1. The lowest BCUT2D eigenvalue weighted by atomic mass is 9.92. The van der Waals surface area contributed by atoms with Crippen molar-refractivity contribution in [2.24, 2.45) is 0 Å². The first-order valence-corrected chi connectivity index (χ1v) is 11.4. The van der Waals surface area contributed by atoms with Gasteiger partial charge in [0, 0.05) is 22.9 Å². The van der Waals surface area contributed by atoms with Gasteiger partial charge in [-0.15, -0.1) is 0 Å². The van der Waals surface area contributed by atoms with E-state index in [-0.39, 0.29) is 23.7 Å². The summed E-state index contributed by atoms with van der Waals surface area (Å²) in [4.78, 5) is 45.3. The number of halogens is 1. The minimum absolute atomic E-state index is 0.124. The van der Waals surface area contributed by atoms with Crippen LogP contribution in [-0.2, 0) is 15.3 Å². The van der Waals surface area contributed by atoms with Crippen molar-refractivity contribution in [1.29, 1.82) is 0 Å². The summed E-state index contributed by atoms with van der Waals surface area (Å²) < 4.78 is 0. The number of benzene rings is 2. The number of aromatic amines is 1. The third kappa shape index (κ3) is 4.87. The van der Waals surface area contributed by atoms with Crippen LogP contribution >= 0.6 is 23.4 Å². The molecule has 0 saturated heterocycles. The lowest BCUT2D eigenvalue weighted by Gasteiger charge is -2.24. The minimum Gasteiger partial charge on any atom is -0.325 e. The number of aryl methyl sites for hydroxylation is 2. The maximum atomic E-state index is 13.0. The van der Waals surface area contributed by atoms with Crippen LogP contribution in [0.2, 0.25) is 5.02 Å². The molecule has 1 unspecified atom stereocenters. The van der Waals surface area contributed by atoms with Crippen molar-refractivity contribution in [3.05, 3.63) is 80.1 Å². The second kappa shape index (κ2) is 9.18. The van der Waals surface area contributed by atoms with Gasteiger partial charge < -0.3 is 15.6 Å². The highest BCUT2D eigenvalue weighted by molar-refractivity contribution is 7.98. The molecule has 3 aromatic rings. The number of carbonyl (C=O) groups excluding carboxylic acids is 2. The highest BCUT2D eigenvalue weighted by Crippen LogP contribution is 2.31. The third-order valence-corrected chi connectivity index (χ3v) is 6.38. The van der Waals surface area contributed by atoms with Gasteiger partial charge in [0.15, 0.2) is 5.16 Å². The van der Waals surface area contributed by atoms with Crippen LogP contribution in [0.15, 0.2) is 52.4 Å². The molecule has 32 heavy (non-hydrogen) atoms. The monoisotopic (exact) mass is 468 g/mol. The number of thioether (sulfide) groups is 1. The van der Waals surface area contributed by atoms with E-state index in [2.05, 4.69) is 20.6 Å². The normalized spacial score (nSPS) is 15.1. The van der Waals surface area contributed by atoms with Crippen molar-refractivity contribution in [3.8, 4) is 0 Å². The van der Waals surface area contributed by atoms with Crippen LogP contribution < -0.4 is 16.2 Å². The lowest BCUT2D eigenvalue weighted by Crippen LogP contribution is -2.36. The molecule has 2 aromatic carbocycles. The van der Waals surface area contributed by atoms with Crippen molar-refractivity contribution in [3.63, 3.8) is 0 Å². The third-order valence-electron chi connectivity index (χ3n) is 5.20. The number of fused-ring (bicyclic) bond motifs is 1. The van der Waals surface area contributed by atoms with Gasteiger partial charge in [0.05, 0.1) is 11.5 Å². The number of anilines is 2. The maximum absolute atomic E-state index is 13.0. The van der Waals surface area contributed by atoms with Crippen molar-refractivity contribution >= 4 is 46.7 Å². The van der Waals surface area contributed by atoms with Gasteiger partial charge in [-0.25, -0.2) is 4.98 Å². The van der Waals surface area contributed by atoms with Crippen LogP contribution in [-0.4, -0.2) is 21.8 Å². The lowest BCUT2D eigenvalue weighted by molar-refractivity contribution is -0.123. The molecule has 4 rings (SSSR count). The molecular weight excluding hydrogens is 448 g/mol. The first-order valence-electron chi connectivity index (χ1n) is 9.99. The summed E-state index contributed by atoms with van der Waals surface area (Å²) in [5.74, 6) is -1.05. The van der Waals surface area contributed by atoms with E-state index in [4.69, 9.17) is 11.6 Å². The first-order chi connectivity index (χ1) is 15.3. The van der Waals surface area contributed by atoms with E-state index in [0.29, 0.717) is 21.6 Å². The standard InChI is InChI=1S/C23H21ClN4O3S/c1-12-3-6-14(7-4-12)11-32-23-27-20-19(22(31)28-23)16(10-18(29)26-20)21(30)25-17-9-15(24)8-5-13(17)2/h3-9,16H,10-11H2,1-2H3,(H,25,30)(H2,26,27,28,29,31). The summed E-state index contributed by atoms with van der Waals surface area (Å²) in [5, 5.41) is 6.27. The summed E-state index contributed by atoms with van der Waals surface area (Å²) in [5.41, 5.74) is 3.31. The molecule has 164 valence electrons. The Morgan fingerprint density at radius 2 is 1.94 bits per heavy atom. The fourth-order valence-electron chi connectivity index (χ4n) is 3.43. The van der Waals surface area contributed by atoms with Gasteiger partial charge in [0.1, 0.15) is 5.82 Å². The summed E-state index contributed by atoms with van der Waals surface area (Å²) in [6.07, 6.45) is -0.140. The maximum Gasteiger partial charge on any atom is 0.257 e. The molecule has 2 amide bonds. The van der Waals surface area contributed by atoms with Gasteiger partial charge in [-0.3, -0.25) is 14.4 Å². The fourth-order valence-corrected chi connectivity index (χ4v) is 4.42. The number of nitrogens with zero attached hydrogens (tertiary/aromatic N) is 1. The number of rotatable bonds is 5. The molecule has 3 N–H and O–H groups in total. The molecule has 0 bridgehead atoms. The molecule has 9 heteroatoms. The molecule has 2 heterocycles. The molecule has 1 aromatic heterocycles. The van der Waals surface area contributed by atoms with E-state index >= 15 is 0 Å². The topological polar surface area (TPSA) is 104 Å². The molecule has 1 atom stereocenters. The molecule has 0 fully saturated rings. The van der Waals surface area contributed by atoms with Crippen LogP contribution in [0.1, 0.15) is 34.6 Å². The summed E-state index contributed by atoms with van der Waals surface area (Å²) >= 11 is 7.38. The van der Waals surface area contributed by atoms with Gasteiger partial charge in [-0.05, 0) is 37.1 Å². The quantitative estimate of drug-likeness (QED) is 0.380. The van der Waals surface area contributed by atoms with Crippen LogP contribution in [0, 0.1) is 13.8 Å². The Labute approximate surface area is 194 Å². The number of nitrogens with one attached hydrogen (secondary N) is 3. The smallest absolute Gasteiger partial charge is 0.257 e. The summed E-state index contributed by atoms with van der Waals surface area (Å²) in [7, 11) is 0. The van der Waals surface area contributed by atoms with E-state index in [9.17, 15) is 14.4 Å². The number of aromatic nitrogens is 2. The highest BCUT2D eigenvalue weighted by atomic mass is 35.5. The Kier molecular flexibility index (Phi) is 6.34. The van der Waals surface area contributed by atoms with Gasteiger partial charge in [0.25, 0.3) is 5.56 Å². The Balaban J connectivity index is 1.58. The largest absolute Gasteiger partial charge is 0.325 e. The number of amides is 2. The van der Waals surface area contributed by atoms with Crippen LogP contribution in [0.3, 0.4) is 0 Å². The predicted octanol–water partition coefficient (Wildman–Crippen LogP) is 4.40. The van der Waals surface area contributed by atoms with E-state index in [0.717, 1.165) is 11.1 Å². The Morgan fingerprint density at radius 1 is 1.19 bits per heavy atom. The van der Waals surface area contributed by atoms with Crippen LogP contribution in [0.25, 0.3) is 0 Å². The van der Waals surface area contributed by atoms with E-state index in [1.165, 1.54) is 17.3 Å². The first kappa shape index (κ1) is 22.1. The molecule has 0 saturated carbocycles. The Hall–Kier alpha value is -3.10. The van der Waals surface area contributed by atoms with E-state index in [1.54, 1.807) is 18.2 Å². The van der Waals surface area contributed by atoms with Gasteiger partial charge in [-0.1, -0.05) is 59.3 Å². The minimum atomic E-state index is -0.954. The fraction of sp³-hybridized carbons (Fsp3) is 0.217. The average Bonchev–Trinajstić information content (AvgIpc) is 2.75. The van der Waals surface area contributed by atoms with Gasteiger partial charge in [-0.2, -0.15) is 0 Å². The van der Waals surface area contributed by atoms with Crippen LogP contribution in [0.5, 0.6) is 0 Å². The van der Waals surface area contributed by atoms with Crippen LogP contribution in [0.4, 0.5) is 11.5 Å². The zero-order valence-corrected chi connectivity index (χ0v) is 19.1. The molecule has 7 nitrogen and oxygen atoms in total. The van der Waals surface area contributed by atoms with Gasteiger partial charge >= 0.3 is 0 Å². The number of carbonyl (C=O) groups is 2. The van der Waals surface area contributed by atoms with E-state index in [1.807, 2.05) is 38.1 Å². The second-order valence-electron chi connectivity index (χ2n) is 7.66. The zero-order valence-electron chi connectivity index (χ0n) is 17.5. The Morgan fingerprint density at radius 3 is 2.69 bits per heavy atom. The molecule has 1 aliphatic rings. The van der Waals surface area contributed by atoms with Crippen molar-refractivity contribution in [2.45, 2.75) is 37.1 Å². The van der Waals surface area contributed by atoms with Crippen molar-refractivity contribution < 1.29 is 9.59 Å². The molecular formula is C23H21ClN4O3S.